The number of esters is 1. The van der Waals surface area contributed by atoms with E-state index >= 15 is 0 Å². The molecule has 0 bridgehead atoms. The lowest BCUT2D eigenvalue weighted by atomic mass is 10.1. The van der Waals surface area contributed by atoms with Gasteiger partial charge in [0, 0.05) is 30.6 Å². The summed E-state index contributed by atoms with van der Waals surface area (Å²) >= 11 is 0. The monoisotopic (exact) mass is 293 g/mol. The SMILES string of the molecule is C=Cn1cc(CNc2cc(C(=O)OC)c(F)cc2F)cn1. The van der Waals surface area contributed by atoms with E-state index in [2.05, 4.69) is 21.7 Å². The van der Waals surface area contributed by atoms with Crippen molar-refractivity contribution in [2.45, 2.75) is 6.54 Å². The van der Waals surface area contributed by atoms with Gasteiger partial charge in [-0.05, 0) is 6.07 Å². The number of methoxy groups -OCH3 is 1. The van der Waals surface area contributed by atoms with Crippen molar-refractivity contribution >= 4 is 17.9 Å². The Morgan fingerprint density at radius 1 is 1.48 bits per heavy atom. The van der Waals surface area contributed by atoms with Crippen LogP contribution in [0, 0.1) is 11.6 Å². The van der Waals surface area contributed by atoms with Gasteiger partial charge in [0.15, 0.2) is 0 Å². The molecule has 2 rings (SSSR count). The summed E-state index contributed by atoms with van der Waals surface area (Å²) in [6.45, 7) is 3.81. The fourth-order valence-electron chi connectivity index (χ4n) is 1.72. The number of anilines is 1. The van der Waals surface area contributed by atoms with Gasteiger partial charge in [-0.1, -0.05) is 6.58 Å². The molecular formula is C14H13F2N3O2. The molecule has 0 radical (unpaired) electrons. The number of nitrogens with one attached hydrogen (secondary N) is 1. The molecule has 0 amide bonds. The first-order valence-corrected chi connectivity index (χ1v) is 6.02. The molecule has 0 atom stereocenters. The Kier molecular flexibility index (Phi) is 4.32. The smallest absolute Gasteiger partial charge is 0.340 e. The average molecular weight is 293 g/mol. The lowest BCUT2D eigenvalue weighted by Gasteiger charge is -2.09. The minimum absolute atomic E-state index is 0.00292. The maximum atomic E-state index is 13.7. The molecule has 0 saturated heterocycles. The zero-order valence-corrected chi connectivity index (χ0v) is 11.3. The van der Waals surface area contributed by atoms with Crippen LogP contribution in [0.1, 0.15) is 15.9 Å². The molecule has 0 aliphatic carbocycles. The maximum absolute atomic E-state index is 13.7. The highest BCUT2D eigenvalue weighted by Crippen LogP contribution is 2.21. The van der Waals surface area contributed by atoms with E-state index in [0.29, 0.717) is 6.07 Å². The summed E-state index contributed by atoms with van der Waals surface area (Å²) in [5.41, 5.74) is 0.449. The van der Waals surface area contributed by atoms with Gasteiger partial charge in [-0.2, -0.15) is 5.10 Å². The van der Waals surface area contributed by atoms with Gasteiger partial charge >= 0.3 is 5.97 Å². The number of benzene rings is 1. The second-order valence-electron chi connectivity index (χ2n) is 4.17. The van der Waals surface area contributed by atoms with E-state index in [1.54, 1.807) is 12.4 Å². The molecule has 7 heteroatoms. The first-order valence-electron chi connectivity index (χ1n) is 6.02. The quantitative estimate of drug-likeness (QED) is 0.861. The highest BCUT2D eigenvalue weighted by Gasteiger charge is 2.16. The lowest BCUT2D eigenvalue weighted by molar-refractivity contribution is 0.0595. The first-order chi connectivity index (χ1) is 10.0. The van der Waals surface area contributed by atoms with Crippen LogP contribution in [-0.2, 0) is 11.3 Å². The third-order valence-corrected chi connectivity index (χ3v) is 2.79. The molecule has 1 heterocycles. The summed E-state index contributed by atoms with van der Waals surface area (Å²) in [7, 11) is 1.13. The molecule has 21 heavy (non-hydrogen) atoms. The molecule has 1 aromatic carbocycles. The largest absolute Gasteiger partial charge is 0.465 e. The van der Waals surface area contributed by atoms with Gasteiger partial charge < -0.3 is 10.1 Å². The number of carbonyl (C=O) groups excluding carboxylic acids is 1. The van der Waals surface area contributed by atoms with Crippen molar-refractivity contribution in [2.24, 2.45) is 0 Å². The van der Waals surface area contributed by atoms with Crippen LogP contribution in [0.2, 0.25) is 0 Å². The van der Waals surface area contributed by atoms with Crippen LogP contribution in [0.3, 0.4) is 0 Å². The second-order valence-corrected chi connectivity index (χ2v) is 4.17. The van der Waals surface area contributed by atoms with Crippen LogP contribution in [0.15, 0.2) is 31.1 Å². The summed E-state index contributed by atoms with van der Waals surface area (Å²) in [5.74, 6) is -2.63. The van der Waals surface area contributed by atoms with Crippen molar-refractivity contribution in [2.75, 3.05) is 12.4 Å². The fraction of sp³-hybridized carbons (Fsp3) is 0.143. The van der Waals surface area contributed by atoms with Gasteiger partial charge in [0.05, 0.1) is 24.6 Å². The van der Waals surface area contributed by atoms with Crippen LogP contribution in [0.5, 0.6) is 0 Å². The van der Waals surface area contributed by atoms with Crippen molar-refractivity contribution in [1.29, 1.82) is 0 Å². The number of carbonyl (C=O) groups is 1. The summed E-state index contributed by atoms with van der Waals surface area (Å²) in [4.78, 5) is 11.4. The normalized spacial score (nSPS) is 10.2. The Morgan fingerprint density at radius 3 is 2.86 bits per heavy atom. The molecule has 0 aliphatic heterocycles. The maximum Gasteiger partial charge on any atom is 0.340 e. The number of hydrogen-bond donors (Lipinski definition) is 1. The third kappa shape index (κ3) is 3.25. The van der Waals surface area contributed by atoms with Gasteiger partial charge in [0.25, 0.3) is 0 Å². The number of aromatic nitrogens is 2. The highest BCUT2D eigenvalue weighted by atomic mass is 19.1. The number of halogens is 2. The van der Waals surface area contributed by atoms with Crippen molar-refractivity contribution < 1.29 is 18.3 Å². The standard InChI is InChI=1S/C14H13F2N3O2/c1-3-19-8-9(7-18-19)6-17-13-4-10(14(20)21-2)11(15)5-12(13)16/h3-5,7-8,17H,1,6H2,2H3. The molecule has 0 spiro atoms. The predicted octanol–water partition coefficient (Wildman–Crippen LogP) is 2.66. The van der Waals surface area contributed by atoms with E-state index in [4.69, 9.17) is 0 Å². The zero-order valence-electron chi connectivity index (χ0n) is 11.3. The van der Waals surface area contributed by atoms with E-state index in [1.165, 1.54) is 10.9 Å². The Labute approximate surface area is 119 Å². The van der Waals surface area contributed by atoms with Crippen LogP contribution in [-0.4, -0.2) is 22.9 Å². The Bertz CT molecular complexity index is 683. The fourth-order valence-corrected chi connectivity index (χ4v) is 1.72. The number of ether oxygens (including phenoxy) is 1. The topological polar surface area (TPSA) is 56.2 Å². The molecule has 0 fully saturated rings. The highest BCUT2D eigenvalue weighted by molar-refractivity contribution is 5.90. The van der Waals surface area contributed by atoms with Crippen LogP contribution >= 0.6 is 0 Å². The minimum Gasteiger partial charge on any atom is -0.465 e. The molecule has 110 valence electrons. The van der Waals surface area contributed by atoms with E-state index in [9.17, 15) is 13.6 Å². The van der Waals surface area contributed by atoms with E-state index in [1.807, 2.05) is 0 Å². The molecular weight excluding hydrogens is 280 g/mol. The van der Waals surface area contributed by atoms with Crippen molar-refractivity contribution in [3.8, 4) is 0 Å². The van der Waals surface area contributed by atoms with Crippen LogP contribution in [0.4, 0.5) is 14.5 Å². The van der Waals surface area contributed by atoms with E-state index in [0.717, 1.165) is 18.7 Å². The molecule has 0 aliphatic rings. The molecule has 1 aromatic heterocycles. The van der Waals surface area contributed by atoms with E-state index in [-0.39, 0.29) is 17.8 Å². The second kappa shape index (κ2) is 6.17. The number of nitrogens with zero attached hydrogens (tertiary/aromatic N) is 2. The first kappa shape index (κ1) is 14.7. The van der Waals surface area contributed by atoms with Gasteiger partial charge in [-0.15, -0.1) is 0 Å². The summed E-state index contributed by atoms with van der Waals surface area (Å²) in [6.07, 6.45) is 4.79. The summed E-state index contributed by atoms with van der Waals surface area (Å²) in [5, 5.41) is 6.75. The van der Waals surface area contributed by atoms with Crippen LogP contribution in [0.25, 0.3) is 6.20 Å². The Balaban J connectivity index is 2.19. The summed E-state index contributed by atoms with van der Waals surface area (Å²) in [6, 6.07) is 1.72. The molecule has 1 N–H and O–H groups in total. The molecule has 0 saturated carbocycles. The summed E-state index contributed by atoms with van der Waals surface area (Å²) < 4.78 is 33.1. The molecule has 0 unspecified atom stereocenters. The average Bonchev–Trinajstić information content (AvgIpc) is 2.93. The van der Waals surface area contributed by atoms with Gasteiger partial charge in [0.1, 0.15) is 11.6 Å². The van der Waals surface area contributed by atoms with Crippen molar-refractivity contribution in [3.63, 3.8) is 0 Å². The lowest BCUT2D eigenvalue weighted by Crippen LogP contribution is -2.08. The van der Waals surface area contributed by atoms with Crippen molar-refractivity contribution in [1.82, 2.24) is 9.78 Å². The molecule has 5 nitrogen and oxygen atoms in total. The Morgan fingerprint density at radius 2 is 2.24 bits per heavy atom. The minimum atomic E-state index is -0.968. The van der Waals surface area contributed by atoms with E-state index < -0.39 is 17.6 Å². The van der Waals surface area contributed by atoms with Gasteiger partial charge in [-0.3, -0.25) is 0 Å². The van der Waals surface area contributed by atoms with Crippen molar-refractivity contribution in [3.05, 3.63) is 53.9 Å². The number of hydrogen-bond acceptors (Lipinski definition) is 4. The molecule has 2 aromatic rings. The van der Waals surface area contributed by atoms with Crippen LogP contribution < -0.4 is 5.32 Å². The predicted molar refractivity (Wildman–Crippen MR) is 73.6 cm³/mol. The number of rotatable bonds is 5. The zero-order chi connectivity index (χ0) is 15.4. The Hall–Kier alpha value is -2.70. The van der Waals surface area contributed by atoms with Gasteiger partial charge in [-0.25, -0.2) is 18.3 Å². The third-order valence-electron chi connectivity index (χ3n) is 2.79. The van der Waals surface area contributed by atoms with Gasteiger partial charge in [0.2, 0.25) is 0 Å².